The Bertz CT molecular complexity index is 552. The average Bonchev–Trinajstić information content (AvgIpc) is 2.35. The summed E-state index contributed by atoms with van der Waals surface area (Å²) < 4.78 is 51.4. The molecule has 0 saturated carbocycles. The fourth-order valence-corrected chi connectivity index (χ4v) is 2.52. The quantitative estimate of drug-likeness (QED) is 0.695. The van der Waals surface area contributed by atoms with Crippen LogP contribution < -0.4 is 9.88 Å². The summed E-state index contributed by atoms with van der Waals surface area (Å²) in [5.41, 5.74) is 0. The minimum absolute atomic E-state index is 0.172. The molecular weight excluding hydrogens is 357 g/mol. The molecule has 0 unspecified atom stereocenters. The molecular formula is C11H15BrFNO5S. The van der Waals surface area contributed by atoms with Crippen LogP contribution in [0.1, 0.15) is 0 Å². The lowest BCUT2D eigenvalue weighted by molar-refractivity contribution is 0.0542. The molecule has 0 saturated heterocycles. The first-order valence-corrected chi connectivity index (χ1v) is 7.91. The van der Waals surface area contributed by atoms with E-state index in [1.165, 1.54) is 0 Å². The largest absolute Gasteiger partial charge is 0.490 e. The van der Waals surface area contributed by atoms with Gasteiger partial charge < -0.3 is 14.2 Å². The van der Waals surface area contributed by atoms with Crippen LogP contribution in [-0.4, -0.2) is 42.0 Å². The van der Waals surface area contributed by atoms with Crippen molar-refractivity contribution in [2.45, 2.75) is 4.90 Å². The Morgan fingerprint density at radius 3 is 2.50 bits per heavy atom. The molecule has 1 rings (SSSR count). The number of sulfonamides is 1. The number of primary sulfonamides is 1. The summed E-state index contributed by atoms with van der Waals surface area (Å²) in [4.78, 5) is -0.590. The summed E-state index contributed by atoms with van der Waals surface area (Å²) >= 11 is 3.10. The van der Waals surface area contributed by atoms with E-state index in [0.717, 1.165) is 12.1 Å². The lowest BCUT2D eigenvalue weighted by Crippen LogP contribution is -2.15. The third-order valence-corrected chi connectivity index (χ3v) is 3.76. The molecule has 0 heterocycles. The van der Waals surface area contributed by atoms with Gasteiger partial charge in [-0.2, -0.15) is 0 Å². The van der Waals surface area contributed by atoms with Crippen molar-refractivity contribution in [3.05, 3.63) is 22.4 Å². The van der Waals surface area contributed by atoms with Crippen LogP contribution >= 0.6 is 15.9 Å². The predicted molar refractivity (Wildman–Crippen MR) is 73.7 cm³/mol. The molecule has 1 aromatic rings. The van der Waals surface area contributed by atoms with Crippen LogP contribution in [0, 0.1) is 5.82 Å². The van der Waals surface area contributed by atoms with E-state index in [0.29, 0.717) is 24.3 Å². The van der Waals surface area contributed by atoms with Crippen LogP contribution in [0.25, 0.3) is 0 Å². The summed E-state index contributed by atoms with van der Waals surface area (Å²) in [6.45, 7) is 1.39. The van der Waals surface area contributed by atoms with Gasteiger partial charge in [-0.15, -0.1) is 0 Å². The van der Waals surface area contributed by atoms with E-state index >= 15 is 0 Å². The van der Waals surface area contributed by atoms with E-state index in [2.05, 4.69) is 15.9 Å². The number of methoxy groups -OCH3 is 1. The zero-order chi connectivity index (χ0) is 15.2. The van der Waals surface area contributed by atoms with Crippen LogP contribution in [0.4, 0.5) is 4.39 Å². The molecule has 0 aliphatic carbocycles. The van der Waals surface area contributed by atoms with E-state index < -0.39 is 20.7 Å². The second kappa shape index (κ2) is 7.89. The first kappa shape index (κ1) is 17.3. The van der Waals surface area contributed by atoms with E-state index in [9.17, 15) is 12.8 Å². The second-order valence-electron chi connectivity index (χ2n) is 3.71. The van der Waals surface area contributed by atoms with Gasteiger partial charge in [0.1, 0.15) is 23.1 Å². The third-order valence-electron chi connectivity index (χ3n) is 2.21. The molecule has 0 radical (unpaired) electrons. The summed E-state index contributed by atoms with van der Waals surface area (Å²) in [7, 11) is -2.55. The Hall–Kier alpha value is -0.740. The molecule has 0 spiro atoms. The average molecular weight is 372 g/mol. The fraction of sp³-hybridized carbons (Fsp3) is 0.455. The van der Waals surface area contributed by atoms with E-state index in [4.69, 9.17) is 19.3 Å². The van der Waals surface area contributed by atoms with Gasteiger partial charge >= 0.3 is 0 Å². The molecule has 0 aromatic heterocycles. The van der Waals surface area contributed by atoms with Gasteiger partial charge in [0.15, 0.2) is 0 Å². The molecule has 0 bridgehead atoms. The van der Waals surface area contributed by atoms with Crippen LogP contribution in [0.3, 0.4) is 0 Å². The van der Waals surface area contributed by atoms with Crippen molar-refractivity contribution in [1.82, 2.24) is 0 Å². The maximum Gasteiger partial charge on any atom is 0.241 e. The highest BCUT2D eigenvalue weighted by atomic mass is 79.9. The number of benzene rings is 1. The number of halogens is 2. The minimum Gasteiger partial charge on any atom is -0.490 e. The molecule has 1 aromatic carbocycles. The Morgan fingerprint density at radius 2 is 1.90 bits per heavy atom. The Balaban J connectivity index is 2.62. The van der Waals surface area contributed by atoms with Crippen LogP contribution in [0.2, 0.25) is 0 Å². The summed E-state index contributed by atoms with van der Waals surface area (Å²) in [6.07, 6.45) is 0. The topological polar surface area (TPSA) is 87.8 Å². The van der Waals surface area contributed by atoms with Crippen LogP contribution in [0.15, 0.2) is 21.5 Å². The Labute approximate surface area is 125 Å². The highest BCUT2D eigenvalue weighted by Gasteiger charge is 2.17. The maximum absolute atomic E-state index is 13.6. The number of nitrogens with two attached hydrogens (primary N) is 1. The van der Waals surface area contributed by atoms with E-state index in [1.807, 2.05) is 0 Å². The lowest BCUT2D eigenvalue weighted by atomic mass is 10.3. The normalized spacial score (nSPS) is 11.6. The van der Waals surface area contributed by atoms with Crippen molar-refractivity contribution in [2.75, 3.05) is 33.5 Å². The SMILES string of the molecule is COCCOCCOc1cc(F)c(S(N)(=O)=O)cc1Br. The number of ether oxygens (including phenoxy) is 3. The zero-order valence-electron chi connectivity index (χ0n) is 10.8. The standard InChI is InChI=1S/C11H15BrFNO5S/c1-17-2-3-18-4-5-19-10-7-9(13)11(6-8(10)12)20(14,15)16/h6-7H,2-5H2,1H3,(H2,14,15,16). The molecule has 20 heavy (non-hydrogen) atoms. The molecule has 114 valence electrons. The highest BCUT2D eigenvalue weighted by molar-refractivity contribution is 9.10. The van der Waals surface area contributed by atoms with Gasteiger partial charge in [-0.3, -0.25) is 0 Å². The van der Waals surface area contributed by atoms with Gasteiger partial charge in [0.2, 0.25) is 10.0 Å². The molecule has 0 aliphatic rings. The van der Waals surface area contributed by atoms with E-state index in [1.54, 1.807) is 7.11 Å². The lowest BCUT2D eigenvalue weighted by Gasteiger charge is -2.10. The van der Waals surface area contributed by atoms with E-state index in [-0.39, 0.29) is 12.4 Å². The van der Waals surface area contributed by atoms with Gasteiger partial charge in [-0.1, -0.05) is 0 Å². The number of hydrogen-bond donors (Lipinski definition) is 1. The van der Waals surface area contributed by atoms with Crippen LogP contribution in [-0.2, 0) is 19.5 Å². The maximum atomic E-state index is 13.6. The second-order valence-corrected chi connectivity index (χ2v) is 6.10. The van der Waals surface area contributed by atoms with Gasteiger partial charge in [0, 0.05) is 13.2 Å². The Kier molecular flexibility index (Phi) is 6.83. The van der Waals surface area contributed by atoms with Gasteiger partial charge in [-0.25, -0.2) is 17.9 Å². The third kappa shape index (κ3) is 5.33. The van der Waals surface area contributed by atoms with Gasteiger partial charge in [-0.05, 0) is 22.0 Å². The molecule has 0 atom stereocenters. The van der Waals surface area contributed by atoms with Crippen molar-refractivity contribution in [1.29, 1.82) is 0 Å². The monoisotopic (exact) mass is 371 g/mol. The van der Waals surface area contributed by atoms with Crippen molar-refractivity contribution in [3.63, 3.8) is 0 Å². The minimum atomic E-state index is -4.11. The molecule has 0 amide bonds. The fourth-order valence-electron chi connectivity index (χ4n) is 1.29. The van der Waals surface area contributed by atoms with Crippen molar-refractivity contribution in [2.24, 2.45) is 5.14 Å². The highest BCUT2D eigenvalue weighted by Crippen LogP contribution is 2.29. The van der Waals surface area contributed by atoms with Crippen molar-refractivity contribution < 1.29 is 27.0 Å². The molecule has 2 N–H and O–H groups in total. The molecule has 0 aliphatic heterocycles. The Morgan fingerprint density at radius 1 is 1.25 bits per heavy atom. The first-order valence-electron chi connectivity index (χ1n) is 5.57. The number of rotatable bonds is 8. The van der Waals surface area contributed by atoms with Gasteiger partial charge in [0.05, 0.1) is 24.3 Å². The van der Waals surface area contributed by atoms with Gasteiger partial charge in [0.25, 0.3) is 0 Å². The van der Waals surface area contributed by atoms with Crippen molar-refractivity contribution >= 4 is 26.0 Å². The summed E-state index contributed by atoms with van der Waals surface area (Å²) in [5.74, 6) is -0.795. The molecule has 0 fully saturated rings. The first-order chi connectivity index (χ1) is 9.36. The smallest absolute Gasteiger partial charge is 0.241 e. The van der Waals surface area contributed by atoms with Crippen LogP contribution in [0.5, 0.6) is 5.75 Å². The van der Waals surface area contributed by atoms with Crippen molar-refractivity contribution in [3.8, 4) is 5.75 Å². The molecule has 6 nitrogen and oxygen atoms in total. The predicted octanol–water partition coefficient (Wildman–Crippen LogP) is 1.28. The molecule has 9 heteroatoms. The summed E-state index contributed by atoms with van der Waals surface area (Å²) in [5, 5.41) is 4.88. The summed E-state index contributed by atoms with van der Waals surface area (Å²) in [6, 6.07) is 2.02. The number of hydrogen-bond acceptors (Lipinski definition) is 5. The zero-order valence-corrected chi connectivity index (χ0v) is 13.2.